The molecule has 0 aliphatic carbocycles. The van der Waals surface area contributed by atoms with E-state index in [4.69, 9.17) is 4.42 Å². The SMILES string of the molecule is Cc1cccc2cc(C(O)C3CCNCC3)oc12. The van der Waals surface area contributed by atoms with E-state index in [1.54, 1.807) is 0 Å². The Labute approximate surface area is 107 Å². The van der Waals surface area contributed by atoms with Crippen molar-refractivity contribution in [3.63, 3.8) is 0 Å². The molecule has 2 heterocycles. The van der Waals surface area contributed by atoms with E-state index in [0.717, 1.165) is 42.5 Å². The van der Waals surface area contributed by atoms with Crippen LogP contribution in [0.3, 0.4) is 0 Å². The first kappa shape index (κ1) is 11.8. The normalized spacial score (nSPS) is 19.2. The maximum Gasteiger partial charge on any atom is 0.137 e. The molecule has 0 saturated carbocycles. The van der Waals surface area contributed by atoms with Crippen LogP contribution in [0.4, 0.5) is 0 Å². The van der Waals surface area contributed by atoms with Gasteiger partial charge in [-0.25, -0.2) is 0 Å². The molecule has 2 aromatic rings. The Morgan fingerprint density at radius 3 is 2.83 bits per heavy atom. The number of nitrogens with one attached hydrogen (secondary N) is 1. The molecule has 1 aliphatic heterocycles. The van der Waals surface area contributed by atoms with Crippen molar-refractivity contribution < 1.29 is 9.52 Å². The van der Waals surface area contributed by atoms with Crippen molar-refractivity contribution in [1.82, 2.24) is 5.32 Å². The smallest absolute Gasteiger partial charge is 0.137 e. The molecule has 0 bridgehead atoms. The number of aliphatic hydroxyl groups excluding tert-OH is 1. The van der Waals surface area contributed by atoms with Crippen LogP contribution in [0.25, 0.3) is 11.0 Å². The highest BCUT2D eigenvalue weighted by Crippen LogP contribution is 2.33. The second-order valence-corrected chi connectivity index (χ2v) is 5.17. The molecule has 0 radical (unpaired) electrons. The lowest BCUT2D eigenvalue weighted by Gasteiger charge is -2.25. The van der Waals surface area contributed by atoms with Crippen LogP contribution in [0.15, 0.2) is 28.7 Å². The molecule has 1 fully saturated rings. The van der Waals surface area contributed by atoms with Gasteiger partial charge in [-0.1, -0.05) is 18.2 Å². The zero-order valence-corrected chi connectivity index (χ0v) is 10.6. The second kappa shape index (κ2) is 4.75. The monoisotopic (exact) mass is 245 g/mol. The molecule has 3 rings (SSSR count). The summed E-state index contributed by atoms with van der Waals surface area (Å²) in [7, 11) is 0. The van der Waals surface area contributed by atoms with Gasteiger partial charge in [0.1, 0.15) is 17.4 Å². The Morgan fingerprint density at radius 2 is 2.11 bits per heavy atom. The molecular weight excluding hydrogens is 226 g/mol. The molecule has 1 aliphatic rings. The number of benzene rings is 1. The lowest BCUT2D eigenvalue weighted by Crippen LogP contribution is -2.30. The van der Waals surface area contributed by atoms with Gasteiger partial charge in [0, 0.05) is 5.39 Å². The molecule has 1 unspecified atom stereocenters. The molecule has 0 amide bonds. The van der Waals surface area contributed by atoms with Crippen LogP contribution in [0.1, 0.15) is 30.3 Å². The van der Waals surface area contributed by atoms with Crippen LogP contribution in [-0.4, -0.2) is 18.2 Å². The zero-order valence-electron chi connectivity index (χ0n) is 10.6. The third-order valence-electron chi connectivity index (χ3n) is 3.88. The third-order valence-corrected chi connectivity index (χ3v) is 3.88. The fourth-order valence-corrected chi connectivity index (χ4v) is 2.77. The highest BCUT2D eigenvalue weighted by Gasteiger charge is 2.25. The summed E-state index contributed by atoms with van der Waals surface area (Å²) in [6, 6.07) is 8.07. The largest absolute Gasteiger partial charge is 0.458 e. The Bertz CT molecular complexity index is 540. The summed E-state index contributed by atoms with van der Waals surface area (Å²) in [5, 5.41) is 14.8. The molecule has 1 aromatic heterocycles. The van der Waals surface area contributed by atoms with Gasteiger partial charge in [-0.05, 0) is 50.4 Å². The number of para-hydroxylation sites is 1. The summed E-state index contributed by atoms with van der Waals surface area (Å²) in [5.74, 6) is 1.03. The highest BCUT2D eigenvalue weighted by molar-refractivity contribution is 5.80. The number of aryl methyl sites for hydroxylation is 1. The number of fused-ring (bicyclic) bond motifs is 1. The maximum atomic E-state index is 10.4. The minimum atomic E-state index is -0.473. The standard InChI is InChI=1S/C15H19NO2/c1-10-3-2-4-12-9-13(18-15(10)12)14(17)11-5-7-16-8-6-11/h2-4,9,11,14,16-17H,5-8H2,1H3. The van der Waals surface area contributed by atoms with E-state index in [1.165, 1.54) is 0 Å². The van der Waals surface area contributed by atoms with Crippen molar-refractivity contribution in [2.45, 2.75) is 25.9 Å². The average Bonchev–Trinajstić information content (AvgIpc) is 2.84. The Kier molecular flexibility index (Phi) is 3.10. The number of aliphatic hydroxyl groups is 1. The lowest BCUT2D eigenvalue weighted by molar-refractivity contribution is 0.0705. The maximum absolute atomic E-state index is 10.4. The summed E-state index contributed by atoms with van der Waals surface area (Å²) in [6.45, 7) is 4.01. The van der Waals surface area contributed by atoms with E-state index in [-0.39, 0.29) is 0 Å². The molecule has 96 valence electrons. The zero-order chi connectivity index (χ0) is 12.5. The van der Waals surface area contributed by atoms with E-state index in [1.807, 2.05) is 31.2 Å². The molecule has 2 N–H and O–H groups in total. The van der Waals surface area contributed by atoms with Gasteiger partial charge >= 0.3 is 0 Å². The summed E-state index contributed by atoms with van der Waals surface area (Å²) >= 11 is 0. The van der Waals surface area contributed by atoms with Gasteiger partial charge in [0.2, 0.25) is 0 Å². The van der Waals surface area contributed by atoms with Gasteiger partial charge in [0.25, 0.3) is 0 Å². The topological polar surface area (TPSA) is 45.4 Å². The van der Waals surface area contributed by atoms with Crippen LogP contribution in [0.2, 0.25) is 0 Å². The van der Waals surface area contributed by atoms with E-state index >= 15 is 0 Å². The Hall–Kier alpha value is -1.32. The first-order chi connectivity index (χ1) is 8.75. The predicted molar refractivity (Wildman–Crippen MR) is 71.5 cm³/mol. The molecule has 3 heteroatoms. The molecular formula is C15H19NO2. The Balaban J connectivity index is 1.91. The molecule has 1 aromatic carbocycles. The first-order valence-electron chi connectivity index (χ1n) is 6.63. The quantitative estimate of drug-likeness (QED) is 0.855. The fourth-order valence-electron chi connectivity index (χ4n) is 2.77. The van der Waals surface area contributed by atoms with Crippen molar-refractivity contribution in [3.05, 3.63) is 35.6 Å². The molecule has 1 saturated heterocycles. The summed E-state index contributed by atoms with van der Waals surface area (Å²) in [6.07, 6.45) is 1.55. The molecule has 3 nitrogen and oxygen atoms in total. The van der Waals surface area contributed by atoms with E-state index in [2.05, 4.69) is 5.32 Å². The summed E-state index contributed by atoms with van der Waals surface area (Å²) in [4.78, 5) is 0. The summed E-state index contributed by atoms with van der Waals surface area (Å²) < 4.78 is 5.84. The number of furan rings is 1. The number of rotatable bonds is 2. The minimum absolute atomic E-state index is 0.312. The highest BCUT2D eigenvalue weighted by atomic mass is 16.4. The lowest BCUT2D eigenvalue weighted by atomic mass is 9.91. The van der Waals surface area contributed by atoms with Crippen LogP contribution < -0.4 is 5.32 Å². The van der Waals surface area contributed by atoms with Gasteiger partial charge in [0.15, 0.2) is 0 Å². The van der Waals surface area contributed by atoms with Gasteiger partial charge in [-0.3, -0.25) is 0 Å². The van der Waals surface area contributed by atoms with Crippen molar-refractivity contribution in [2.75, 3.05) is 13.1 Å². The molecule has 18 heavy (non-hydrogen) atoms. The van der Waals surface area contributed by atoms with E-state index < -0.39 is 6.10 Å². The van der Waals surface area contributed by atoms with Crippen molar-refractivity contribution in [2.24, 2.45) is 5.92 Å². The number of piperidine rings is 1. The van der Waals surface area contributed by atoms with Crippen LogP contribution in [0, 0.1) is 12.8 Å². The third kappa shape index (κ3) is 2.04. The van der Waals surface area contributed by atoms with Crippen LogP contribution in [0.5, 0.6) is 0 Å². The van der Waals surface area contributed by atoms with Crippen LogP contribution in [-0.2, 0) is 0 Å². The van der Waals surface area contributed by atoms with Gasteiger partial charge < -0.3 is 14.8 Å². The van der Waals surface area contributed by atoms with Crippen molar-refractivity contribution >= 4 is 11.0 Å². The van der Waals surface area contributed by atoms with Gasteiger partial charge in [-0.15, -0.1) is 0 Å². The minimum Gasteiger partial charge on any atom is -0.458 e. The van der Waals surface area contributed by atoms with Gasteiger partial charge in [0.05, 0.1) is 0 Å². The number of hydrogen-bond donors (Lipinski definition) is 2. The molecule has 0 spiro atoms. The number of hydrogen-bond acceptors (Lipinski definition) is 3. The summed E-state index contributed by atoms with van der Waals surface area (Å²) in [5.41, 5.74) is 2.02. The van der Waals surface area contributed by atoms with Crippen molar-refractivity contribution in [3.8, 4) is 0 Å². The fraction of sp³-hybridized carbons (Fsp3) is 0.467. The van der Waals surface area contributed by atoms with Crippen LogP contribution >= 0.6 is 0 Å². The predicted octanol–water partition coefficient (Wildman–Crippen LogP) is 2.77. The van der Waals surface area contributed by atoms with E-state index in [0.29, 0.717) is 11.7 Å². The average molecular weight is 245 g/mol. The molecule has 1 atom stereocenters. The first-order valence-corrected chi connectivity index (χ1v) is 6.63. The second-order valence-electron chi connectivity index (χ2n) is 5.17. The van der Waals surface area contributed by atoms with Crippen molar-refractivity contribution in [1.29, 1.82) is 0 Å². The van der Waals surface area contributed by atoms with Gasteiger partial charge in [-0.2, -0.15) is 0 Å². The van der Waals surface area contributed by atoms with E-state index in [9.17, 15) is 5.11 Å². The Morgan fingerprint density at radius 1 is 1.33 bits per heavy atom.